The molecule has 1 saturated heterocycles. The minimum Gasteiger partial charge on any atom is -0.444 e. The third-order valence-electron chi connectivity index (χ3n) is 4.38. The maximum absolute atomic E-state index is 12.1. The summed E-state index contributed by atoms with van der Waals surface area (Å²) in [5.74, 6) is 0. The van der Waals surface area contributed by atoms with Crippen molar-refractivity contribution < 1.29 is 9.53 Å². The first-order valence-corrected chi connectivity index (χ1v) is 8.94. The molecule has 0 bridgehead atoms. The lowest BCUT2D eigenvalue weighted by molar-refractivity contribution is 0.0120. The smallest absolute Gasteiger partial charge is 0.410 e. The van der Waals surface area contributed by atoms with E-state index >= 15 is 0 Å². The molecule has 1 aliphatic rings. The maximum atomic E-state index is 12.1. The molecule has 0 saturated carbocycles. The Hall–Kier alpha value is -0.770. The molecule has 4 heteroatoms. The molecule has 0 unspecified atom stereocenters. The average molecular weight is 312 g/mol. The molecule has 0 atom stereocenters. The van der Waals surface area contributed by atoms with Crippen molar-refractivity contribution in [2.75, 3.05) is 26.2 Å². The van der Waals surface area contributed by atoms with Crippen molar-refractivity contribution in [3.8, 4) is 0 Å². The summed E-state index contributed by atoms with van der Waals surface area (Å²) in [6.45, 7) is 14.1. The lowest BCUT2D eigenvalue weighted by Gasteiger charge is -2.40. The number of nitrogens with zero attached hydrogens (tertiary/aromatic N) is 1. The van der Waals surface area contributed by atoms with E-state index in [1.807, 2.05) is 25.7 Å². The highest BCUT2D eigenvalue weighted by Gasteiger charge is 2.33. The maximum Gasteiger partial charge on any atom is 0.410 e. The zero-order valence-electron chi connectivity index (χ0n) is 15.3. The molecule has 1 fully saturated rings. The topological polar surface area (TPSA) is 41.6 Å². The summed E-state index contributed by atoms with van der Waals surface area (Å²) < 4.78 is 5.45. The second-order valence-corrected chi connectivity index (χ2v) is 8.02. The van der Waals surface area contributed by atoms with Gasteiger partial charge in [-0.15, -0.1) is 0 Å². The summed E-state index contributed by atoms with van der Waals surface area (Å²) >= 11 is 0. The number of rotatable bonds is 7. The molecule has 0 aliphatic carbocycles. The van der Waals surface area contributed by atoms with Crippen molar-refractivity contribution in [3.05, 3.63) is 0 Å². The van der Waals surface area contributed by atoms with Gasteiger partial charge in [-0.1, -0.05) is 33.1 Å². The molecule has 1 N–H and O–H groups in total. The lowest BCUT2D eigenvalue weighted by Crippen LogP contribution is -2.47. The summed E-state index contributed by atoms with van der Waals surface area (Å²) in [5.41, 5.74) is -0.0961. The number of nitrogens with one attached hydrogen (secondary N) is 1. The number of hydrogen-bond donors (Lipinski definition) is 1. The van der Waals surface area contributed by atoms with Gasteiger partial charge in [0.05, 0.1) is 0 Å². The predicted molar refractivity (Wildman–Crippen MR) is 92.2 cm³/mol. The van der Waals surface area contributed by atoms with Crippen LogP contribution in [0.3, 0.4) is 0 Å². The van der Waals surface area contributed by atoms with E-state index in [0.717, 1.165) is 39.0 Å². The van der Waals surface area contributed by atoms with Crippen LogP contribution in [-0.2, 0) is 4.74 Å². The van der Waals surface area contributed by atoms with Crippen LogP contribution in [0.25, 0.3) is 0 Å². The Morgan fingerprint density at radius 3 is 2.36 bits per heavy atom. The molecule has 0 aromatic carbocycles. The number of likely N-dealkylation sites (tertiary alicyclic amines) is 1. The number of carbonyl (C=O) groups is 1. The van der Waals surface area contributed by atoms with Crippen LogP contribution in [0, 0.1) is 5.41 Å². The molecule has 0 radical (unpaired) electrons. The molecule has 4 nitrogen and oxygen atoms in total. The van der Waals surface area contributed by atoms with Gasteiger partial charge in [0.15, 0.2) is 0 Å². The van der Waals surface area contributed by atoms with E-state index < -0.39 is 5.60 Å². The first kappa shape index (κ1) is 19.3. The van der Waals surface area contributed by atoms with Gasteiger partial charge < -0.3 is 15.0 Å². The minimum absolute atomic E-state index is 0.165. The van der Waals surface area contributed by atoms with Crippen molar-refractivity contribution in [1.82, 2.24) is 10.2 Å². The second kappa shape index (κ2) is 8.76. The van der Waals surface area contributed by atoms with E-state index in [1.54, 1.807) is 0 Å². The molecule has 1 amide bonds. The molecule has 22 heavy (non-hydrogen) atoms. The molecular formula is C18H36N2O2. The van der Waals surface area contributed by atoms with Crippen LogP contribution in [0.4, 0.5) is 4.79 Å². The number of piperidine rings is 1. The van der Waals surface area contributed by atoms with Gasteiger partial charge in [0.2, 0.25) is 0 Å². The predicted octanol–water partition coefficient (Wildman–Crippen LogP) is 4.19. The molecule has 0 spiro atoms. The van der Waals surface area contributed by atoms with Gasteiger partial charge in [-0.25, -0.2) is 4.79 Å². The molecule has 0 aromatic rings. The van der Waals surface area contributed by atoms with Crippen LogP contribution in [0.5, 0.6) is 0 Å². The first-order chi connectivity index (χ1) is 10.3. The van der Waals surface area contributed by atoms with Gasteiger partial charge in [-0.05, 0) is 52.0 Å². The van der Waals surface area contributed by atoms with E-state index in [1.165, 1.54) is 25.7 Å². The summed E-state index contributed by atoms with van der Waals surface area (Å²) in [5, 5.41) is 3.60. The molecular weight excluding hydrogens is 276 g/mol. The summed E-state index contributed by atoms with van der Waals surface area (Å²) in [4.78, 5) is 13.9. The van der Waals surface area contributed by atoms with E-state index in [-0.39, 0.29) is 6.09 Å². The molecule has 1 rings (SSSR count). The number of unbranched alkanes of at least 4 members (excludes halogenated alkanes) is 3. The van der Waals surface area contributed by atoms with Crippen LogP contribution in [0.15, 0.2) is 0 Å². The number of amides is 1. The fraction of sp³-hybridized carbons (Fsp3) is 0.944. The van der Waals surface area contributed by atoms with Gasteiger partial charge >= 0.3 is 6.09 Å². The van der Waals surface area contributed by atoms with E-state index in [2.05, 4.69) is 19.2 Å². The molecule has 1 aliphatic heterocycles. The second-order valence-electron chi connectivity index (χ2n) is 8.02. The Kier molecular flexibility index (Phi) is 7.67. The normalized spacial score (nSPS) is 18.3. The first-order valence-electron chi connectivity index (χ1n) is 8.94. The Balaban J connectivity index is 2.24. The highest BCUT2D eigenvalue weighted by atomic mass is 16.6. The largest absolute Gasteiger partial charge is 0.444 e. The van der Waals surface area contributed by atoms with Gasteiger partial charge in [0.25, 0.3) is 0 Å². The number of hydrogen-bond acceptors (Lipinski definition) is 3. The highest BCUT2D eigenvalue weighted by molar-refractivity contribution is 5.68. The number of carbonyl (C=O) groups excluding carboxylic acids is 1. The quantitative estimate of drug-likeness (QED) is 0.717. The van der Waals surface area contributed by atoms with Gasteiger partial charge in [0.1, 0.15) is 5.60 Å². The van der Waals surface area contributed by atoms with Crippen LogP contribution < -0.4 is 5.32 Å². The Morgan fingerprint density at radius 2 is 1.82 bits per heavy atom. The monoisotopic (exact) mass is 312 g/mol. The zero-order valence-corrected chi connectivity index (χ0v) is 15.3. The summed E-state index contributed by atoms with van der Waals surface area (Å²) in [7, 11) is 0. The standard InChI is InChI=1S/C18H36N2O2/c1-6-7-8-9-12-19-15-18(5)10-13-20(14-11-18)16(21)22-17(2,3)4/h19H,6-15H2,1-5H3. The Labute approximate surface area is 137 Å². The third kappa shape index (κ3) is 7.48. The zero-order chi connectivity index (χ0) is 16.6. The fourth-order valence-electron chi connectivity index (χ4n) is 2.80. The van der Waals surface area contributed by atoms with E-state index in [9.17, 15) is 4.79 Å². The lowest BCUT2D eigenvalue weighted by atomic mass is 9.80. The van der Waals surface area contributed by atoms with Crippen molar-refractivity contribution >= 4 is 6.09 Å². The Morgan fingerprint density at radius 1 is 1.18 bits per heavy atom. The molecule has 130 valence electrons. The van der Waals surface area contributed by atoms with Crippen molar-refractivity contribution in [1.29, 1.82) is 0 Å². The fourth-order valence-corrected chi connectivity index (χ4v) is 2.80. The van der Waals surface area contributed by atoms with Crippen molar-refractivity contribution in [2.24, 2.45) is 5.41 Å². The van der Waals surface area contributed by atoms with Crippen LogP contribution >= 0.6 is 0 Å². The van der Waals surface area contributed by atoms with Gasteiger partial charge in [0, 0.05) is 19.6 Å². The molecule has 1 heterocycles. The molecule has 0 aromatic heterocycles. The average Bonchev–Trinajstić information content (AvgIpc) is 2.41. The van der Waals surface area contributed by atoms with Crippen LogP contribution in [0.1, 0.15) is 73.1 Å². The van der Waals surface area contributed by atoms with E-state index in [0.29, 0.717) is 5.41 Å². The van der Waals surface area contributed by atoms with Crippen molar-refractivity contribution in [2.45, 2.75) is 78.7 Å². The SMILES string of the molecule is CCCCCCNCC1(C)CCN(C(=O)OC(C)(C)C)CC1. The van der Waals surface area contributed by atoms with Crippen molar-refractivity contribution in [3.63, 3.8) is 0 Å². The van der Waals surface area contributed by atoms with Crippen LogP contribution in [0.2, 0.25) is 0 Å². The van der Waals surface area contributed by atoms with E-state index in [4.69, 9.17) is 4.74 Å². The minimum atomic E-state index is -0.405. The highest BCUT2D eigenvalue weighted by Crippen LogP contribution is 2.30. The Bertz CT molecular complexity index is 328. The number of ether oxygens (including phenoxy) is 1. The van der Waals surface area contributed by atoms with Gasteiger partial charge in [-0.2, -0.15) is 0 Å². The summed E-state index contributed by atoms with van der Waals surface area (Å²) in [6, 6.07) is 0. The summed E-state index contributed by atoms with van der Waals surface area (Å²) in [6.07, 6.45) is 7.16. The third-order valence-corrected chi connectivity index (χ3v) is 4.38. The van der Waals surface area contributed by atoms with Crippen LogP contribution in [-0.4, -0.2) is 42.8 Å². The van der Waals surface area contributed by atoms with Gasteiger partial charge in [-0.3, -0.25) is 0 Å².